The van der Waals surface area contributed by atoms with Gasteiger partial charge in [-0.05, 0) is 38.5 Å². The highest BCUT2D eigenvalue weighted by Gasteiger charge is 2.44. The lowest BCUT2D eigenvalue weighted by atomic mass is 9.88. The van der Waals surface area contributed by atoms with E-state index in [4.69, 9.17) is 0 Å². The quantitative estimate of drug-likeness (QED) is 0.463. The molecule has 0 radical (unpaired) electrons. The van der Waals surface area contributed by atoms with Gasteiger partial charge in [-0.15, -0.1) is 0 Å². The first-order valence-corrected chi connectivity index (χ1v) is 4.61. The third-order valence-corrected chi connectivity index (χ3v) is 3.03. The molecule has 0 aromatic carbocycles. The number of hydrogen-bond acceptors (Lipinski definition) is 0. The maximum Gasteiger partial charge on any atom is 0.0261 e. The van der Waals surface area contributed by atoms with E-state index in [1.54, 1.807) is 0 Å². The standard InChI is InChI=1S/C11H16/c1-8-4-5-11(2,3)7-9-6-10(8)9/h8-10H,6-7H2,1-3H3. The topological polar surface area (TPSA) is 0 Å². The Morgan fingerprint density at radius 2 is 2.09 bits per heavy atom. The van der Waals surface area contributed by atoms with Crippen LogP contribution in [0.25, 0.3) is 0 Å². The average Bonchev–Trinajstić information content (AvgIpc) is 2.60. The van der Waals surface area contributed by atoms with Gasteiger partial charge in [0.1, 0.15) is 0 Å². The smallest absolute Gasteiger partial charge is 0.0261 e. The highest BCUT2D eigenvalue weighted by Crippen LogP contribution is 2.51. The summed E-state index contributed by atoms with van der Waals surface area (Å²) in [5.41, 5.74) is 0.296. The van der Waals surface area contributed by atoms with Gasteiger partial charge in [-0.2, -0.15) is 0 Å². The van der Waals surface area contributed by atoms with Gasteiger partial charge in [0, 0.05) is 11.3 Å². The lowest BCUT2D eigenvalue weighted by molar-refractivity contribution is 0.412. The normalized spacial score (nSPS) is 44.8. The first kappa shape index (κ1) is 7.22. The van der Waals surface area contributed by atoms with E-state index in [0.29, 0.717) is 11.3 Å². The van der Waals surface area contributed by atoms with Crippen molar-refractivity contribution in [3.8, 4) is 11.8 Å². The highest BCUT2D eigenvalue weighted by molar-refractivity contribution is 5.18. The van der Waals surface area contributed by atoms with Crippen LogP contribution in [0.3, 0.4) is 0 Å². The summed E-state index contributed by atoms with van der Waals surface area (Å²) in [4.78, 5) is 0. The third-order valence-electron chi connectivity index (χ3n) is 3.03. The fraction of sp³-hybridized carbons (Fsp3) is 0.818. The molecule has 2 aliphatic rings. The fourth-order valence-electron chi connectivity index (χ4n) is 2.24. The van der Waals surface area contributed by atoms with Crippen LogP contribution in [-0.4, -0.2) is 0 Å². The Kier molecular flexibility index (Phi) is 1.34. The van der Waals surface area contributed by atoms with Crippen molar-refractivity contribution in [3.63, 3.8) is 0 Å². The van der Waals surface area contributed by atoms with E-state index in [1.165, 1.54) is 12.8 Å². The first-order chi connectivity index (χ1) is 5.08. The lowest BCUT2D eigenvalue weighted by Crippen LogP contribution is -2.08. The summed E-state index contributed by atoms with van der Waals surface area (Å²) in [6.45, 7) is 6.82. The van der Waals surface area contributed by atoms with Crippen molar-refractivity contribution in [1.82, 2.24) is 0 Å². The van der Waals surface area contributed by atoms with Gasteiger partial charge in [-0.3, -0.25) is 0 Å². The molecule has 0 N–H and O–H groups in total. The predicted octanol–water partition coefficient (Wildman–Crippen LogP) is 2.69. The minimum atomic E-state index is 0.296. The van der Waals surface area contributed by atoms with Crippen molar-refractivity contribution in [2.75, 3.05) is 0 Å². The van der Waals surface area contributed by atoms with Crippen molar-refractivity contribution in [2.45, 2.75) is 33.6 Å². The summed E-state index contributed by atoms with van der Waals surface area (Å²) >= 11 is 0. The van der Waals surface area contributed by atoms with E-state index in [-0.39, 0.29) is 0 Å². The van der Waals surface area contributed by atoms with Crippen LogP contribution in [0.1, 0.15) is 33.6 Å². The minimum Gasteiger partial charge on any atom is -0.0993 e. The molecule has 0 aromatic rings. The molecule has 0 heterocycles. The number of rotatable bonds is 0. The second-order valence-electron chi connectivity index (χ2n) is 4.81. The zero-order chi connectivity index (χ0) is 8.06. The largest absolute Gasteiger partial charge is 0.0993 e. The Morgan fingerprint density at radius 3 is 2.82 bits per heavy atom. The molecule has 0 aromatic heterocycles. The predicted molar refractivity (Wildman–Crippen MR) is 46.9 cm³/mol. The van der Waals surface area contributed by atoms with E-state index >= 15 is 0 Å². The maximum atomic E-state index is 3.38. The van der Waals surface area contributed by atoms with Crippen LogP contribution < -0.4 is 0 Å². The molecule has 0 bridgehead atoms. The monoisotopic (exact) mass is 148 g/mol. The SMILES string of the molecule is CC1C#CC(C)(C)CC2CC12. The van der Waals surface area contributed by atoms with Crippen molar-refractivity contribution in [3.05, 3.63) is 0 Å². The molecule has 0 nitrogen and oxygen atoms in total. The van der Waals surface area contributed by atoms with Crippen LogP contribution in [0.15, 0.2) is 0 Å². The highest BCUT2D eigenvalue weighted by atomic mass is 14.5. The Morgan fingerprint density at radius 1 is 1.36 bits per heavy atom. The summed E-state index contributed by atoms with van der Waals surface area (Å²) < 4.78 is 0. The van der Waals surface area contributed by atoms with Crippen LogP contribution >= 0.6 is 0 Å². The molecule has 0 aliphatic heterocycles. The molecule has 1 fully saturated rings. The molecule has 2 rings (SSSR count). The number of fused-ring (bicyclic) bond motifs is 1. The van der Waals surface area contributed by atoms with Gasteiger partial charge in [0.2, 0.25) is 0 Å². The van der Waals surface area contributed by atoms with Crippen molar-refractivity contribution in [1.29, 1.82) is 0 Å². The molecule has 0 spiro atoms. The molecule has 60 valence electrons. The number of hydrogen-bond donors (Lipinski definition) is 0. The minimum absolute atomic E-state index is 0.296. The molecule has 2 aliphatic carbocycles. The zero-order valence-corrected chi connectivity index (χ0v) is 7.65. The van der Waals surface area contributed by atoms with Crippen LogP contribution in [-0.2, 0) is 0 Å². The summed E-state index contributed by atoms with van der Waals surface area (Å²) in [6.07, 6.45) is 2.77. The van der Waals surface area contributed by atoms with E-state index in [2.05, 4.69) is 32.6 Å². The Hall–Kier alpha value is -0.440. The molecule has 3 atom stereocenters. The molecule has 0 heteroatoms. The fourth-order valence-corrected chi connectivity index (χ4v) is 2.24. The maximum absolute atomic E-state index is 3.38. The van der Waals surface area contributed by atoms with Crippen molar-refractivity contribution >= 4 is 0 Å². The molecule has 11 heavy (non-hydrogen) atoms. The first-order valence-electron chi connectivity index (χ1n) is 4.61. The van der Waals surface area contributed by atoms with Gasteiger partial charge in [0.25, 0.3) is 0 Å². The van der Waals surface area contributed by atoms with Crippen LogP contribution in [0.4, 0.5) is 0 Å². The molecule has 1 saturated carbocycles. The summed E-state index contributed by atoms with van der Waals surface area (Å²) in [5, 5.41) is 0. The van der Waals surface area contributed by atoms with E-state index < -0.39 is 0 Å². The third kappa shape index (κ3) is 1.29. The molecule has 0 amide bonds. The summed E-state index contributed by atoms with van der Waals surface area (Å²) in [7, 11) is 0. The summed E-state index contributed by atoms with van der Waals surface area (Å²) in [5.74, 6) is 9.36. The Bertz CT molecular complexity index is 226. The second-order valence-corrected chi connectivity index (χ2v) is 4.81. The van der Waals surface area contributed by atoms with Crippen molar-refractivity contribution < 1.29 is 0 Å². The Labute approximate surface area is 69.4 Å². The van der Waals surface area contributed by atoms with Crippen molar-refractivity contribution in [2.24, 2.45) is 23.2 Å². The van der Waals surface area contributed by atoms with Gasteiger partial charge in [0.05, 0.1) is 0 Å². The van der Waals surface area contributed by atoms with E-state index in [1.807, 2.05) is 0 Å². The second kappa shape index (κ2) is 2.03. The van der Waals surface area contributed by atoms with E-state index in [9.17, 15) is 0 Å². The van der Waals surface area contributed by atoms with Crippen LogP contribution in [0.2, 0.25) is 0 Å². The molecule has 0 saturated heterocycles. The van der Waals surface area contributed by atoms with Gasteiger partial charge in [-0.1, -0.05) is 18.8 Å². The lowest BCUT2D eigenvalue weighted by Gasteiger charge is -2.15. The van der Waals surface area contributed by atoms with Gasteiger partial charge >= 0.3 is 0 Å². The molecular formula is C11H16. The molecular weight excluding hydrogens is 132 g/mol. The average molecular weight is 148 g/mol. The van der Waals surface area contributed by atoms with E-state index in [0.717, 1.165) is 11.8 Å². The van der Waals surface area contributed by atoms with Crippen LogP contribution in [0, 0.1) is 35.0 Å². The molecule has 3 unspecified atom stereocenters. The summed E-state index contributed by atoms with van der Waals surface area (Å²) in [6, 6.07) is 0. The Balaban J connectivity index is 2.20. The van der Waals surface area contributed by atoms with Gasteiger partial charge in [0.15, 0.2) is 0 Å². The van der Waals surface area contributed by atoms with Gasteiger partial charge in [-0.25, -0.2) is 0 Å². The van der Waals surface area contributed by atoms with Gasteiger partial charge < -0.3 is 0 Å². The van der Waals surface area contributed by atoms with Crippen LogP contribution in [0.5, 0.6) is 0 Å². The zero-order valence-electron chi connectivity index (χ0n) is 7.65.